The van der Waals surface area contributed by atoms with E-state index in [1.165, 1.54) is 11.8 Å². The van der Waals surface area contributed by atoms with Crippen LogP contribution in [0.1, 0.15) is 0 Å². The first-order chi connectivity index (χ1) is 10.2. The Bertz CT molecular complexity index is 663. The largest absolute Gasteiger partial charge is 0.457 e. The molecule has 0 spiro atoms. The Balaban J connectivity index is 2.08. The standard InChI is InChI=1S/C15H12ClN3OS/c1-21-15(18-10-17)19-12-4-8-14(9-5-12)20-13-6-2-11(16)3-7-13/h2-9H,1H3,(H,18,19). The molecule has 6 heteroatoms. The van der Waals surface area contributed by atoms with E-state index in [9.17, 15) is 0 Å². The van der Waals surface area contributed by atoms with Crippen LogP contribution in [-0.4, -0.2) is 11.4 Å². The quantitative estimate of drug-likeness (QED) is 0.390. The predicted octanol–water partition coefficient (Wildman–Crippen LogP) is 4.55. The minimum atomic E-state index is 0.545. The van der Waals surface area contributed by atoms with Crippen molar-refractivity contribution in [3.63, 3.8) is 0 Å². The fourth-order valence-corrected chi connectivity index (χ4v) is 1.99. The first kappa shape index (κ1) is 15.2. The number of nitrogens with one attached hydrogen (secondary N) is 1. The minimum absolute atomic E-state index is 0.545. The molecular formula is C15H12ClN3OS. The van der Waals surface area contributed by atoms with Crippen molar-refractivity contribution < 1.29 is 4.74 Å². The molecule has 21 heavy (non-hydrogen) atoms. The van der Waals surface area contributed by atoms with Crippen LogP contribution in [0.4, 0.5) is 5.69 Å². The van der Waals surface area contributed by atoms with E-state index < -0.39 is 0 Å². The van der Waals surface area contributed by atoms with Gasteiger partial charge in [-0.1, -0.05) is 23.4 Å². The number of hydrogen-bond acceptors (Lipinski definition) is 4. The van der Waals surface area contributed by atoms with Gasteiger partial charge in [0.05, 0.1) is 5.69 Å². The topological polar surface area (TPSA) is 57.4 Å². The maximum atomic E-state index is 8.59. The average Bonchev–Trinajstić information content (AvgIpc) is 2.51. The van der Waals surface area contributed by atoms with Gasteiger partial charge in [0.1, 0.15) is 11.5 Å². The summed E-state index contributed by atoms with van der Waals surface area (Å²) in [5.41, 5.74) is 0.741. The van der Waals surface area contributed by atoms with Crippen molar-refractivity contribution in [3.05, 3.63) is 53.6 Å². The monoisotopic (exact) mass is 317 g/mol. The highest BCUT2D eigenvalue weighted by atomic mass is 35.5. The second-order valence-electron chi connectivity index (χ2n) is 3.91. The van der Waals surface area contributed by atoms with Crippen LogP contribution in [0.2, 0.25) is 5.02 Å². The van der Waals surface area contributed by atoms with Gasteiger partial charge in [0.15, 0.2) is 11.4 Å². The highest BCUT2D eigenvalue weighted by Crippen LogP contribution is 2.25. The van der Waals surface area contributed by atoms with Crippen molar-refractivity contribution in [2.75, 3.05) is 6.26 Å². The van der Waals surface area contributed by atoms with E-state index in [0.717, 1.165) is 5.69 Å². The zero-order valence-corrected chi connectivity index (χ0v) is 12.8. The maximum absolute atomic E-state index is 8.59. The molecule has 0 radical (unpaired) electrons. The van der Waals surface area contributed by atoms with Crippen LogP contribution in [0.25, 0.3) is 0 Å². The summed E-state index contributed by atoms with van der Waals surface area (Å²) in [5, 5.41) is 12.3. The van der Waals surface area contributed by atoms with E-state index in [1.807, 2.05) is 36.7 Å². The molecule has 0 heterocycles. The summed E-state index contributed by atoms with van der Waals surface area (Å²) in [6.07, 6.45) is 3.70. The van der Waals surface area contributed by atoms with Crippen LogP contribution >= 0.6 is 23.4 Å². The molecule has 0 aromatic heterocycles. The number of halogens is 1. The second kappa shape index (κ2) is 7.58. The third-order valence-electron chi connectivity index (χ3n) is 2.47. The number of ether oxygens (including phenoxy) is 1. The number of aliphatic imine (C=N–C) groups is 1. The highest BCUT2D eigenvalue weighted by molar-refractivity contribution is 8.13. The van der Waals surface area contributed by atoms with Crippen LogP contribution in [-0.2, 0) is 0 Å². The molecule has 0 unspecified atom stereocenters. The Morgan fingerprint density at radius 1 is 1.14 bits per heavy atom. The van der Waals surface area contributed by atoms with Gasteiger partial charge in [0.2, 0.25) is 0 Å². The Morgan fingerprint density at radius 3 is 2.24 bits per heavy atom. The zero-order valence-electron chi connectivity index (χ0n) is 11.2. The van der Waals surface area contributed by atoms with Crippen LogP contribution < -0.4 is 10.1 Å². The molecular weight excluding hydrogens is 306 g/mol. The molecule has 1 N–H and O–H groups in total. The van der Waals surface area contributed by atoms with E-state index in [4.69, 9.17) is 21.6 Å². The molecule has 2 aromatic rings. The first-order valence-corrected chi connectivity index (χ1v) is 7.63. The summed E-state index contributed by atoms with van der Waals surface area (Å²) in [7, 11) is 0. The van der Waals surface area contributed by atoms with Crippen LogP contribution in [0, 0.1) is 11.5 Å². The molecule has 4 nitrogen and oxygen atoms in total. The van der Waals surface area contributed by atoms with Crippen LogP contribution in [0.5, 0.6) is 11.5 Å². The molecule has 2 rings (SSSR count). The lowest BCUT2D eigenvalue weighted by Crippen LogP contribution is -2.12. The number of nitriles is 1. The lowest BCUT2D eigenvalue weighted by Gasteiger charge is -2.06. The molecule has 106 valence electrons. The fourth-order valence-electron chi connectivity index (χ4n) is 1.52. The number of nitrogens with zero attached hydrogens (tertiary/aromatic N) is 2. The van der Waals surface area contributed by atoms with Gasteiger partial charge in [-0.25, -0.2) is 4.99 Å². The highest BCUT2D eigenvalue weighted by Gasteiger charge is 1.99. The molecule has 2 aromatic carbocycles. The lowest BCUT2D eigenvalue weighted by molar-refractivity contribution is 0.483. The molecule has 0 bridgehead atoms. The molecule has 0 fully saturated rings. The van der Waals surface area contributed by atoms with Crippen molar-refractivity contribution in [3.8, 4) is 17.7 Å². The van der Waals surface area contributed by atoms with Gasteiger partial charge in [0, 0.05) is 5.02 Å². The lowest BCUT2D eigenvalue weighted by atomic mass is 10.3. The smallest absolute Gasteiger partial charge is 0.183 e. The Kier molecular flexibility index (Phi) is 5.50. The van der Waals surface area contributed by atoms with Gasteiger partial charge in [-0.05, 0) is 54.8 Å². The normalized spacial score (nSPS) is 10.8. The molecule has 0 aliphatic rings. The molecule has 0 saturated heterocycles. The van der Waals surface area contributed by atoms with Crippen molar-refractivity contribution in [1.29, 1.82) is 5.26 Å². The molecule has 0 aliphatic heterocycles. The van der Waals surface area contributed by atoms with E-state index in [2.05, 4.69) is 10.3 Å². The predicted molar refractivity (Wildman–Crippen MR) is 87.3 cm³/mol. The van der Waals surface area contributed by atoms with Gasteiger partial charge < -0.3 is 4.74 Å². The van der Waals surface area contributed by atoms with Crippen molar-refractivity contribution in [2.24, 2.45) is 4.99 Å². The van der Waals surface area contributed by atoms with Crippen LogP contribution in [0.3, 0.4) is 0 Å². The molecule has 0 amide bonds. The van der Waals surface area contributed by atoms with Crippen molar-refractivity contribution in [2.45, 2.75) is 0 Å². The minimum Gasteiger partial charge on any atom is -0.457 e. The van der Waals surface area contributed by atoms with Gasteiger partial charge in [-0.2, -0.15) is 5.26 Å². The number of amidine groups is 1. The summed E-state index contributed by atoms with van der Waals surface area (Å²) in [4.78, 5) is 4.30. The van der Waals surface area contributed by atoms with Gasteiger partial charge in [-0.3, -0.25) is 5.32 Å². The summed E-state index contributed by atoms with van der Waals surface area (Å²) >= 11 is 7.19. The van der Waals surface area contributed by atoms with Crippen LogP contribution in [0.15, 0.2) is 53.5 Å². The summed E-state index contributed by atoms with van der Waals surface area (Å²) in [6, 6.07) is 14.4. The third-order valence-corrected chi connectivity index (χ3v) is 3.30. The van der Waals surface area contributed by atoms with E-state index in [0.29, 0.717) is 21.7 Å². The fraction of sp³-hybridized carbons (Fsp3) is 0.0667. The van der Waals surface area contributed by atoms with Gasteiger partial charge >= 0.3 is 0 Å². The zero-order chi connectivity index (χ0) is 15.1. The second-order valence-corrected chi connectivity index (χ2v) is 5.14. The number of thioether (sulfide) groups is 1. The molecule has 0 atom stereocenters. The Morgan fingerprint density at radius 2 is 1.71 bits per heavy atom. The van der Waals surface area contributed by atoms with Crippen molar-refractivity contribution >= 4 is 34.2 Å². The summed E-state index contributed by atoms with van der Waals surface area (Å²) in [6.45, 7) is 0. The third kappa shape index (κ3) is 4.71. The number of hydrogen-bond donors (Lipinski definition) is 1. The summed E-state index contributed by atoms with van der Waals surface area (Å²) in [5.74, 6) is 1.42. The van der Waals surface area contributed by atoms with E-state index >= 15 is 0 Å². The Hall–Kier alpha value is -2.16. The van der Waals surface area contributed by atoms with Crippen molar-refractivity contribution in [1.82, 2.24) is 5.32 Å². The van der Waals surface area contributed by atoms with E-state index in [-0.39, 0.29) is 0 Å². The van der Waals surface area contributed by atoms with E-state index in [1.54, 1.807) is 24.3 Å². The average molecular weight is 318 g/mol. The molecule has 0 aliphatic carbocycles. The Labute approximate surface area is 132 Å². The molecule has 0 saturated carbocycles. The number of benzene rings is 2. The summed E-state index contributed by atoms with van der Waals surface area (Å²) < 4.78 is 5.69. The maximum Gasteiger partial charge on any atom is 0.183 e. The van der Waals surface area contributed by atoms with Gasteiger partial charge in [-0.15, -0.1) is 0 Å². The van der Waals surface area contributed by atoms with Gasteiger partial charge in [0.25, 0.3) is 0 Å². The number of rotatable bonds is 3. The SMILES string of the molecule is CSC(=Nc1ccc(Oc2ccc(Cl)cc2)cc1)NC#N. The first-order valence-electron chi connectivity index (χ1n) is 6.02.